The van der Waals surface area contributed by atoms with Gasteiger partial charge in [0.1, 0.15) is 17.8 Å². The Kier molecular flexibility index (Phi) is 4.01. The number of hydrogen-bond acceptors (Lipinski definition) is 5. The Hall–Kier alpha value is -2.71. The van der Waals surface area contributed by atoms with Gasteiger partial charge in [0.05, 0.1) is 18.5 Å². The van der Waals surface area contributed by atoms with Crippen molar-refractivity contribution in [2.45, 2.75) is 31.1 Å². The van der Waals surface area contributed by atoms with E-state index in [2.05, 4.69) is 15.0 Å². The summed E-state index contributed by atoms with van der Waals surface area (Å²) in [5.74, 6) is 0.277. The Morgan fingerprint density at radius 3 is 2.65 bits per heavy atom. The largest absolute Gasteiger partial charge is 0.433 e. The van der Waals surface area contributed by atoms with Crippen molar-refractivity contribution in [1.29, 1.82) is 0 Å². The molecule has 3 aliphatic rings. The predicted octanol–water partition coefficient (Wildman–Crippen LogP) is 1.92. The van der Waals surface area contributed by atoms with Crippen molar-refractivity contribution in [3.8, 4) is 0 Å². The number of amides is 1. The molecule has 3 saturated heterocycles. The van der Waals surface area contributed by atoms with Gasteiger partial charge in [-0.05, 0) is 18.1 Å². The van der Waals surface area contributed by atoms with Crippen LogP contribution >= 0.6 is 0 Å². The average molecular weight is 363 g/mol. The van der Waals surface area contributed by atoms with Crippen molar-refractivity contribution in [3.05, 3.63) is 48.2 Å². The van der Waals surface area contributed by atoms with Gasteiger partial charge in [0.2, 0.25) is 5.91 Å². The van der Waals surface area contributed by atoms with Crippen LogP contribution in [-0.2, 0) is 17.4 Å². The molecule has 1 amide bonds. The number of fused-ring (bicyclic) bond motifs is 2. The third-order valence-electron chi connectivity index (χ3n) is 4.83. The predicted molar refractivity (Wildman–Crippen MR) is 86.2 cm³/mol. The number of alkyl halides is 3. The molecule has 0 saturated carbocycles. The fourth-order valence-electron chi connectivity index (χ4n) is 3.65. The van der Waals surface area contributed by atoms with Crippen LogP contribution in [0, 0.1) is 0 Å². The molecule has 2 unspecified atom stereocenters. The highest BCUT2D eigenvalue weighted by Gasteiger charge is 2.47. The smallest absolute Gasteiger partial charge is 0.352 e. The minimum absolute atomic E-state index is 0.00206. The molecule has 0 aromatic carbocycles. The Morgan fingerprint density at radius 2 is 2.00 bits per heavy atom. The van der Waals surface area contributed by atoms with Crippen LogP contribution in [0.1, 0.15) is 17.7 Å². The van der Waals surface area contributed by atoms with Gasteiger partial charge in [-0.1, -0.05) is 6.07 Å². The van der Waals surface area contributed by atoms with E-state index in [1.54, 1.807) is 23.4 Å². The molecule has 2 atom stereocenters. The van der Waals surface area contributed by atoms with Crippen LogP contribution in [0.3, 0.4) is 0 Å². The molecule has 3 fully saturated rings. The molecule has 2 aromatic heterocycles. The van der Waals surface area contributed by atoms with Gasteiger partial charge in [0.15, 0.2) is 0 Å². The van der Waals surface area contributed by atoms with Gasteiger partial charge < -0.3 is 9.80 Å². The molecule has 0 radical (unpaired) electrons. The number of aromatic nitrogens is 3. The van der Waals surface area contributed by atoms with Crippen LogP contribution in [0.15, 0.2) is 36.9 Å². The average Bonchev–Trinajstić information content (AvgIpc) is 2.62. The van der Waals surface area contributed by atoms with E-state index in [0.29, 0.717) is 13.1 Å². The molecule has 26 heavy (non-hydrogen) atoms. The fourth-order valence-corrected chi connectivity index (χ4v) is 3.65. The first kappa shape index (κ1) is 16.7. The van der Waals surface area contributed by atoms with E-state index in [0.717, 1.165) is 24.4 Å². The van der Waals surface area contributed by atoms with Gasteiger partial charge in [0.25, 0.3) is 0 Å². The summed E-state index contributed by atoms with van der Waals surface area (Å²) in [6, 6.07) is 4.61. The number of pyridine rings is 1. The number of anilines is 1. The molecule has 0 aliphatic carbocycles. The first-order valence-electron chi connectivity index (χ1n) is 8.26. The zero-order valence-electron chi connectivity index (χ0n) is 13.7. The second kappa shape index (κ2) is 6.22. The van der Waals surface area contributed by atoms with E-state index in [4.69, 9.17) is 0 Å². The second-order valence-corrected chi connectivity index (χ2v) is 6.55. The molecular weight excluding hydrogens is 347 g/mol. The van der Waals surface area contributed by atoms with Gasteiger partial charge in [-0.25, -0.2) is 9.97 Å². The summed E-state index contributed by atoms with van der Waals surface area (Å²) in [4.78, 5) is 27.5. The highest BCUT2D eigenvalue weighted by Crippen LogP contribution is 2.36. The standard InChI is InChI=1S/C17H16F3N5O/c18-17(19,20)14-6-15(23-10-22-14)24-8-12-5-13(9-24)25(12)16(26)4-11-2-1-3-21-7-11/h1-3,6-7,10,12-13H,4-5,8-9H2. The molecule has 5 heterocycles. The van der Waals surface area contributed by atoms with Crippen molar-refractivity contribution in [2.75, 3.05) is 18.0 Å². The number of piperazine rings is 1. The Balaban J connectivity index is 1.43. The monoisotopic (exact) mass is 363 g/mol. The Morgan fingerprint density at radius 1 is 1.23 bits per heavy atom. The summed E-state index contributed by atoms with van der Waals surface area (Å²) in [7, 11) is 0. The van der Waals surface area contributed by atoms with E-state index >= 15 is 0 Å². The van der Waals surface area contributed by atoms with Gasteiger partial charge in [-0.15, -0.1) is 0 Å². The van der Waals surface area contributed by atoms with Gasteiger partial charge in [-0.2, -0.15) is 13.2 Å². The lowest BCUT2D eigenvalue weighted by molar-refractivity contribution is -0.145. The number of hydrogen-bond donors (Lipinski definition) is 0. The molecule has 2 bridgehead atoms. The number of piperidine rings is 1. The lowest BCUT2D eigenvalue weighted by Gasteiger charge is -2.56. The molecule has 3 aliphatic heterocycles. The molecule has 0 spiro atoms. The molecule has 5 rings (SSSR count). The van der Waals surface area contributed by atoms with Crippen molar-refractivity contribution in [1.82, 2.24) is 19.9 Å². The second-order valence-electron chi connectivity index (χ2n) is 6.55. The van der Waals surface area contributed by atoms with Gasteiger partial charge in [0, 0.05) is 31.5 Å². The maximum Gasteiger partial charge on any atom is 0.433 e. The minimum Gasteiger partial charge on any atom is -0.352 e. The van der Waals surface area contributed by atoms with Crippen LogP contribution in [0.25, 0.3) is 0 Å². The quantitative estimate of drug-likeness (QED) is 0.834. The summed E-state index contributed by atoms with van der Waals surface area (Å²) >= 11 is 0. The normalized spacial score (nSPS) is 22.1. The summed E-state index contributed by atoms with van der Waals surface area (Å²) < 4.78 is 38.5. The Labute approximate surface area is 147 Å². The molecule has 136 valence electrons. The van der Waals surface area contributed by atoms with Gasteiger partial charge >= 0.3 is 6.18 Å². The Bertz CT molecular complexity index is 802. The van der Waals surface area contributed by atoms with E-state index in [1.165, 1.54) is 0 Å². The lowest BCUT2D eigenvalue weighted by Crippen LogP contribution is -2.70. The van der Waals surface area contributed by atoms with Crippen molar-refractivity contribution < 1.29 is 18.0 Å². The van der Waals surface area contributed by atoms with Crippen LogP contribution < -0.4 is 4.90 Å². The molecule has 9 heteroatoms. The fraction of sp³-hybridized carbons (Fsp3) is 0.412. The van der Waals surface area contributed by atoms with E-state index < -0.39 is 11.9 Å². The summed E-state index contributed by atoms with van der Waals surface area (Å²) in [6.07, 6.45) is 0.908. The molecule has 0 N–H and O–H groups in total. The third-order valence-corrected chi connectivity index (χ3v) is 4.83. The van der Waals surface area contributed by atoms with Crippen molar-refractivity contribution >= 4 is 11.7 Å². The molecule has 6 nitrogen and oxygen atoms in total. The maximum absolute atomic E-state index is 12.8. The first-order chi connectivity index (χ1) is 12.4. The number of carbonyl (C=O) groups excluding carboxylic acids is 1. The van der Waals surface area contributed by atoms with Crippen LogP contribution in [0.2, 0.25) is 0 Å². The number of rotatable bonds is 3. The minimum atomic E-state index is -4.50. The van der Waals surface area contributed by atoms with Gasteiger partial charge in [-0.3, -0.25) is 9.78 Å². The lowest BCUT2D eigenvalue weighted by atomic mass is 9.86. The molecular formula is C17H16F3N5O. The van der Waals surface area contributed by atoms with E-state index in [-0.39, 0.29) is 30.2 Å². The SMILES string of the molecule is O=C(Cc1cccnc1)N1C2CC1CN(c1cc(C(F)(F)F)ncn1)C2. The van der Waals surface area contributed by atoms with Crippen LogP contribution in [-0.4, -0.2) is 50.9 Å². The zero-order chi connectivity index (χ0) is 18.3. The van der Waals surface area contributed by atoms with E-state index in [9.17, 15) is 18.0 Å². The first-order valence-corrected chi connectivity index (χ1v) is 8.26. The molecule has 2 aromatic rings. The summed E-state index contributed by atoms with van der Waals surface area (Å²) in [5.41, 5.74) is -0.101. The summed E-state index contributed by atoms with van der Waals surface area (Å²) in [5, 5.41) is 0. The highest BCUT2D eigenvalue weighted by molar-refractivity contribution is 5.80. The maximum atomic E-state index is 12.8. The topological polar surface area (TPSA) is 62.2 Å². The number of halogens is 3. The third kappa shape index (κ3) is 3.09. The number of nitrogens with zero attached hydrogens (tertiary/aromatic N) is 5. The number of carbonyl (C=O) groups is 1. The van der Waals surface area contributed by atoms with Crippen molar-refractivity contribution in [2.24, 2.45) is 0 Å². The van der Waals surface area contributed by atoms with Crippen molar-refractivity contribution in [3.63, 3.8) is 0 Å². The van der Waals surface area contributed by atoms with E-state index in [1.807, 2.05) is 11.0 Å². The van der Waals surface area contributed by atoms with Crippen LogP contribution in [0.5, 0.6) is 0 Å². The van der Waals surface area contributed by atoms with Crippen LogP contribution in [0.4, 0.5) is 19.0 Å². The summed E-state index contributed by atoms with van der Waals surface area (Å²) in [6.45, 7) is 0.952. The highest BCUT2D eigenvalue weighted by atomic mass is 19.4. The zero-order valence-corrected chi connectivity index (χ0v) is 13.7.